The van der Waals surface area contributed by atoms with E-state index < -0.39 is 22.0 Å². The van der Waals surface area contributed by atoms with Crippen LogP contribution in [0.5, 0.6) is 0 Å². The van der Waals surface area contributed by atoms with E-state index in [1.807, 2.05) is 0 Å². The van der Waals surface area contributed by atoms with Crippen LogP contribution < -0.4 is 0 Å². The predicted octanol–water partition coefficient (Wildman–Crippen LogP) is 3.11. The van der Waals surface area contributed by atoms with Gasteiger partial charge >= 0.3 is 6.36 Å². The molecule has 9 heteroatoms. The quantitative estimate of drug-likeness (QED) is 0.811. The summed E-state index contributed by atoms with van der Waals surface area (Å²) in [7, 11) is 1.33. The van der Waals surface area contributed by atoms with Crippen molar-refractivity contribution < 1.29 is 26.3 Å². The van der Waals surface area contributed by atoms with Crippen LogP contribution in [0.25, 0.3) is 10.9 Å². The lowest BCUT2D eigenvalue weighted by molar-refractivity contribution is -0.325. The summed E-state index contributed by atoms with van der Waals surface area (Å²) in [5.74, 6) is 0. The van der Waals surface area contributed by atoms with Crippen molar-refractivity contribution in [3.8, 4) is 0 Å². The Bertz CT molecular complexity index is 724. The third-order valence-corrected chi connectivity index (χ3v) is 3.96. The molecule has 0 aliphatic heterocycles. The fourth-order valence-corrected chi connectivity index (χ4v) is 2.91. The standard InChI is InChI=1S/C11H9ClF3NO3S/c12-20(17,18)10-7-16(5-6-19-11(13,14)15)9-4-2-1-3-8(9)10/h1-4,7H,5-6H2. The highest BCUT2D eigenvalue weighted by molar-refractivity contribution is 8.14. The number of nitrogens with zero attached hydrogens (tertiary/aromatic N) is 1. The van der Waals surface area contributed by atoms with Gasteiger partial charge in [0.05, 0.1) is 6.61 Å². The number of alkyl halides is 3. The van der Waals surface area contributed by atoms with Crippen LogP contribution in [0.15, 0.2) is 35.4 Å². The van der Waals surface area contributed by atoms with Gasteiger partial charge < -0.3 is 4.57 Å². The number of benzene rings is 1. The van der Waals surface area contributed by atoms with Crippen LogP contribution in [0.2, 0.25) is 0 Å². The lowest BCUT2D eigenvalue weighted by Gasteiger charge is -2.08. The van der Waals surface area contributed by atoms with Crippen LogP contribution in [0.3, 0.4) is 0 Å². The molecule has 0 saturated heterocycles. The van der Waals surface area contributed by atoms with Crippen molar-refractivity contribution in [3.05, 3.63) is 30.5 Å². The maximum Gasteiger partial charge on any atom is 0.522 e. The molecule has 0 fully saturated rings. The summed E-state index contributed by atoms with van der Waals surface area (Å²) in [4.78, 5) is -0.137. The zero-order chi connectivity index (χ0) is 15.0. The number of hydrogen-bond donors (Lipinski definition) is 0. The monoisotopic (exact) mass is 327 g/mol. The minimum Gasteiger partial charge on any atom is -0.344 e. The third-order valence-electron chi connectivity index (χ3n) is 2.61. The van der Waals surface area contributed by atoms with E-state index >= 15 is 0 Å². The number of fused-ring (bicyclic) bond motifs is 1. The van der Waals surface area contributed by atoms with E-state index in [-0.39, 0.29) is 11.4 Å². The van der Waals surface area contributed by atoms with Gasteiger partial charge in [-0.25, -0.2) is 8.42 Å². The summed E-state index contributed by atoms with van der Waals surface area (Å²) in [5.41, 5.74) is 0.470. The minimum absolute atomic E-state index is 0.137. The summed E-state index contributed by atoms with van der Waals surface area (Å²) < 4.78 is 63.7. The van der Waals surface area contributed by atoms with Gasteiger partial charge in [0.15, 0.2) is 0 Å². The van der Waals surface area contributed by atoms with Crippen molar-refractivity contribution >= 4 is 30.6 Å². The van der Waals surface area contributed by atoms with Crippen LogP contribution in [0.4, 0.5) is 13.2 Å². The van der Waals surface area contributed by atoms with Crippen LogP contribution >= 0.6 is 10.7 Å². The second-order valence-corrected chi connectivity index (χ2v) is 6.47. The molecule has 0 radical (unpaired) electrons. The van der Waals surface area contributed by atoms with Crippen molar-refractivity contribution in [2.24, 2.45) is 0 Å². The first kappa shape index (κ1) is 15.1. The molecular weight excluding hydrogens is 319 g/mol. The predicted molar refractivity (Wildman–Crippen MR) is 67.0 cm³/mol. The molecule has 2 aromatic rings. The van der Waals surface area contributed by atoms with Gasteiger partial charge in [-0.3, -0.25) is 4.74 Å². The molecule has 1 aromatic carbocycles. The van der Waals surface area contributed by atoms with Crippen LogP contribution in [-0.2, 0) is 20.3 Å². The number of halogens is 4. The van der Waals surface area contributed by atoms with Crippen molar-refractivity contribution in [1.82, 2.24) is 4.57 Å². The highest BCUT2D eigenvalue weighted by atomic mass is 35.7. The first-order chi connectivity index (χ1) is 9.18. The zero-order valence-electron chi connectivity index (χ0n) is 9.89. The van der Waals surface area contributed by atoms with E-state index in [1.165, 1.54) is 16.8 Å². The van der Waals surface area contributed by atoms with Gasteiger partial charge in [0.2, 0.25) is 0 Å². The molecule has 0 N–H and O–H groups in total. The van der Waals surface area contributed by atoms with Gasteiger partial charge in [0.1, 0.15) is 4.90 Å². The van der Waals surface area contributed by atoms with Gasteiger partial charge in [0, 0.05) is 34.3 Å². The van der Waals surface area contributed by atoms with E-state index in [4.69, 9.17) is 10.7 Å². The highest BCUT2D eigenvalue weighted by Gasteiger charge is 2.28. The Kier molecular flexibility index (Phi) is 3.99. The number of rotatable bonds is 4. The van der Waals surface area contributed by atoms with E-state index in [9.17, 15) is 21.6 Å². The topological polar surface area (TPSA) is 48.3 Å². The summed E-state index contributed by atoms with van der Waals surface area (Å²) in [5, 5.41) is 0.356. The smallest absolute Gasteiger partial charge is 0.344 e. The summed E-state index contributed by atoms with van der Waals surface area (Å²) in [6.45, 7) is -0.767. The maximum absolute atomic E-state index is 11.9. The van der Waals surface area contributed by atoms with Crippen LogP contribution in [0.1, 0.15) is 0 Å². The Morgan fingerprint density at radius 1 is 1.25 bits per heavy atom. The Hall–Kier alpha value is -1.25. The number of para-hydroxylation sites is 1. The molecule has 0 aliphatic carbocycles. The fraction of sp³-hybridized carbons (Fsp3) is 0.273. The molecule has 4 nitrogen and oxygen atoms in total. The van der Waals surface area contributed by atoms with Gasteiger partial charge in [-0.1, -0.05) is 18.2 Å². The lowest BCUT2D eigenvalue weighted by Crippen LogP contribution is -2.17. The molecule has 0 unspecified atom stereocenters. The van der Waals surface area contributed by atoms with Gasteiger partial charge in [-0.2, -0.15) is 0 Å². The maximum atomic E-state index is 11.9. The average Bonchev–Trinajstić information content (AvgIpc) is 2.67. The molecule has 0 aliphatic rings. The number of ether oxygens (including phenoxy) is 1. The van der Waals surface area contributed by atoms with Crippen molar-refractivity contribution in [1.29, 1.82) is 0 Å². The first-order valence-electron chi connectivity index (χ1n) is 5.42. The third kappa shape index (κ3) is 3.44. The van der Waals surface area contributed by atoms with Crippen LogP contribution in [-0.4, -0.2) is 26.0 Å². The number of aromatic nitrogens is 1. The Balaban J connectivity index is 2.35. The largest absolute Gasteiger partial charge is 0.522 e. The molecule has 0 saturated carbocycles. The van der Waals surface area contributed by atoms with Crippen LogP contribution in [0, 0.1) is 0 Å². The van der Waals surface area contributed by atoms with Gasteiger partial charge in [0.25, 0.3) is 9.05 Å². The molecular formula is C11H9ClF3NO3S. The fourth-order valence-electron chi connectivity index (χ4n) is 1.85. The van der Waals surface area contributed by atoms with Crippen molar-refractivity contribution in [2.75, 3.05) is 6.61 Å². The molecule has 110 valence electrons. The summed E-state index contributed by atoms with van der Waals surface area (Å²) in [6, 6.07) is 6.39. The second kappa shape index (κ2) is 5.27. The molecule has 1 aromatic heterocycles. The molecule has 0 spiro atoms. The lowest BCUT2D eigenvalue weighted by atomic mass is 10.2. The highest BCUT2D eigenvalue weighted by Crippen LogP contribution is 2.28. The normalized spacial score (nSPS) is 13.0. The van der Waals surface area contributed by atoms with Gasteiger partial charge in [-0.15, -0.1) is 13.2 Å². The van der Waals surface area contributed by atoms with Gasteiger partial charge in [-0.05, 0) is 6.07 Å². The second-order valence-electron chi connectivity index (χ2n) is 3.94. The van der Waals surface area contributed by atoms with E-state index in [1.54, 1.807) is 18.2 Å². The minimum atomic E-state index is -4.72. The molecule has 2 rings (SSSR count). The summed E-state index contributed by atoms with van der Waals surface area (Å²) >= 11 is 0. The molecule has 0 bridgehead atoms. The van der Waals surface area contributed by atoms with Crippen molar-refractivity contribution in [2.45, 2.75) is 17.8 Å². The Morgan fingerprint density at radius 2 is 1.90 bits per heavy atom. The molecule has 0 atom stereocenters. The molecule has 1 heterocycles. The Morgan fingerprint density at radius 3 is 2.50 bits per heavy atom. The van der Waals surface area contributed by atoms with Crippen molar-refractivity contribution in [3.63, 3.8) is 0 Å². The zero-order valence-corrected chi connectivity index (χ0v) is 11.5. The number of hydrogen-bond acceptors (Lipinski definition) is 3. The average molecular weight is 328 g/mol. The molecule has 0 amide bonds. The SMILES string of the molecule is O=S(=O)(Cl)c1cn(CCOC(F)(F)F)c2ccccc12. The Labute approximate surface area is 117 Å². The summed E-state index contributed by atoms with van der Waals surface area (Å²) in [6.07, 6.45) is -3.52. The molecule has 20 heavy (non-hydrogen) atoms. The van der Waals surface area contributed by atoms with E-state index in [0.717, 1.165) is 0 Å². The van der Waals surface area contributed by atoms with E-state index in [2.05, 4.69) is 4.74 Å². The first-order valence-corrected chi connectivity index (χ1v) is 7.72. The van der Waals surface area contributed by atoms with E-state index in [0.29, 0.717) is 10.9 Å².